The van der Waals surface area contributed by atoms with E-state index in [2.05, 4.69) is 5.32 Å². The van der Waals surface area contributed by atoms with E-state index in [1.807, 2.05) is 0 Å². The Balaban J connectivity index is 1.94. The third-order valence-corrected chi connectivity index (χ3v) is 3.37. The maximum atomic E-state index is 12.1. The van der Waals surface area contributed by atoms with Gasteiger partial charge in [0.1, 0.15) is 0 Å². The fraction of sp³-hybridized carbons (Fsp3) is 0.222. The van der Waals surface area contributed by atoms with Gasteiger partial charge in [-0.3, -0.25) is 9.59 Å². The molecule has 0 aliphatic rings. The molecule has 2 aromatic rings. The number of ether oxygens (including phenoxy) is 1. The molecule has 2 rings (SSSR count). The predicted molar refractivity (Wildman–Crippen MR) is 89.9 cm³/mol. The second-order valence-corrected chi connectivity index (χ2v) is 5.63. The summed E-state index contributed by atoms with van der Waals surface area (Å²) >= 11 is 0. The number of Topliss-reactive ketones (excluding diaryl/α,β-unsaturated/α-hetero) is 1. The molecule has 25 heavy (non-hydrogen) atoms. The maximum absolute atomic E-state index is 12.1. The SMILES string of the molecule is CC(C)C(=O)Nc1ccc(C(=O)COC(=O)c2cccc[n+]2[O-])cc1. The van der Waals surface area contributed by atoms with Crippen LogP contribution in [0.4, 0.5) is 5.69 Å². The first-order valence-electron chi connectivity index (χ1n) is 7.68. The van der Waals surface area contributed by atoms with Crippen LogP contribution in [-0.2, 0) is 9.53 Å². The van der Waals surface area contributed by atoms with Crippen LogP contribution in [0.3, 0.4) is 0 Å². The highest BCUT2D eigenvalue weighted by Gasteiger charge is 2.18. The largest absolute Gasteiger partial charge is 0.618 e. The molecule has 0 aliphatic heterocycles. The van der Waals surface area contributed by atoms with Gasteiger partial charge in [0.05, 0.1) is 0 Å². The lowest BCUT2D eigenvalue weighted by Crippen LogP contribution is -2.35. The second-order valence-electron chi connectivity index (χ2n) is 5.63. The number of anilines is 1. The molecule has 1 amide bonds. The Morgan fingerprint density at radius 1 is 1.12 bits per heavy atom. The number of pyridine rings is 1. The first-order chi connectivity index (χ1) is 11.9. The number of nitrogens with one attached hydrogen (secondary N) is 1. The lowest BCUT2D eigenvalue weighted by molar-refractivity contribution is -0.608. The molecule has 0 saturated carbocycles. The molecule has 0 aliphatic carbocycles. The highest BCUT2D eigenvalue weighted by molar-refractivity contribution is 5.99. The molecule has 0 saturated heterocycles. The number of aromatic nitrogens is 1. The van der Waals surface area contributed by atoms with Crippen molar-refractivity contribution in [3.8, 4) is 0 Å². The van der Waals surface area contributed by atoms with Crippen molar-refractivity contribution in [1.29, 1.82) is 0 Å². The number of hydrogen-bond acceptors (Lipinski definition) is 5. The molecule has 7 nitrogen and oxygen atoms in total. The molecule has 1 heterocycles. The van der Waals surface area contributed by atoms with E-state index < -0.39 is 18.4 Å². The third-order valence-electron chi connectivity index (χ3n) is 3.37. The van der Waals surface area contributed by atoms with E-state index in [0.29, 0.717) is 16.0 Å². The predicted octanol–water partition coefficient (Wildman–Crippen LogP) is 1.95. The molecule has 0 bridgehead atoms. The van der Waals surface area contributed by atoms with E-state index in [0.717, 1.165) is 0 Å². The number of amides is 1. The number of carbonyl (C=O) groups excluding carboxylic acids is 3. The number of nitrogens with zero attached hydrogens (tertiary/aromatic N) is 1. The number of rotatable bonds is 6. The molecule has 0 fully saturated rings. The van der Waals surface area contributed by atoms with Gasteiger partial charge in [-0.25, -0.2) is 4.79 Å². The normalized spacial score (nSPS) is 10.4. The van der Waals surface area contributed by atoms with Crippen LogP contribution in [0.1, 0.15) is 34.7 Å². The fourth-order valence-corrected chi connectivity index (χ4v) is 1.90. The van der Waals surface area contributed by atoms with Gasteiger partial charge in [0.2, 0.25) is 5.91 Å². The van der Waals surface area contributed by atoms with Crippen LogP contribution in [0.25, 0.3) is 0 Å². The van der Waals surface area contributed by atoms with E-state index in [-0.39, 0.29) is 17.5 Å². The van der Waals surface area contributed by atoms with Crippen molar-refractivity contribution in [1.82, 2.24) is 0 Å². The van der Waals surface area contributed by atoms with E-state index >= 15 is 0 Å². The first kappa shape index (κ1) is 18.1. The van der Waals surface area contributed by atoms with E-state index in [1.165, 1.54) is 36.5 Å². The summed E-state index contributed by atoms with van der Waals surface area (Å²) < 4.78 is 5.25. The van der Waals surface area contributed by atoms with Crippen molar-refractivity contribution in [2.75, 3.05) is 11.9 Å². The van der Waals surface area contributed by atoms with Gasteiger partial charge in [0.25, 0.3) is 0 Å². The molecule has 7 heteroatoms. The zero-order valence-electron chi connectivity index (χ0n) is 13.9. The Bertz CT molecular complexity index is 784. The van der Waals surface area contributed by atoms with Crippen LogP contribution in [0.5, 0.6) is 0 Å². The van der Waals surface area contributed by atoms with Gasteiger partial charge >= 0.3 is 11.7 Å². The lowest BCUT2D eigenvalue weighted by atomic mass is 10.1. The van der Waals surface area contributed by atoms with Crippen LogP contribution >= 0.6 is 0 Å². The molecule has 0 spiro atoms. The molecule has 130 valence electrons. The Labute approximate surface area is 144 Å². The molecule has 0 atom stereocenters. The van der Waals surface area contributed by atoms with Gasteiger partial charge in [0.15, 0.2) is 18.6 Å². The third kappa shape index (κ3) is 4.87. The summed E-state index contributed by atoms with van der Waals surface area (Å²) in [5.74, 6) is -1.56. The minimum absolute atomic E-state index is 0.123. The zero-order chi connectivity index (χ0) is 18.4. The van der Waals surface area contributed by atoms with Gasteiger partial charge < -0.3 is 15.3 Å². The van der Waals surface area contributed by atoms with Gasteiger partial charge in [-0.05, 0) is 30.3 Å². The molecule has 1 aromatic carbocycles. The van der Waals surface area contributed by atoms with Crippen LogP contribution in [0, 0.1) is 11.1 Å². The Morgan fingerprint density at radius 2 is 1.80 bits per heavy atom. The summed E-state index contributed by atoms with van der Waals surface area (Å²) in [5.41, 5.74) is 0.712. The van der Waals surface area contributed by atoms with Crippen molar-refractivity contribution in [3.63, 3.8) is 0 Å². The second kappa shape index (κ2) is 8.05. The summed E-state index contributed by atoms with van der Waals surface area (Å²) in [7, 11) is 0. The molecule has 0 radical (unpaired) electrons. The van der Waals surface area contributed by atoms with Crippen LogP contribution in [0.2, 0.25) is 0 Å². The quantitative estimate of drug-likeness (QED) is 0.374. The number of hydrogen-bond donors (Lipinski definition) is 1. The van der Waals surface area contributed by atoms with E-state index in [1.54, 1.807) is 26.0 Å². The first-order valence-corrected chi connectivity index (χ1v) is 7.68. The minimum atomic E-state index is -0.871. The average Bonchev–Trinajstić information content (AvgIpc) is 2.60. The fourth-order valence-electron chi connectivity index (χ4n) is 1.90. The minimum Gasteiger partial charge on any atom is -0.618 e. The average molecular weight is 342 g/mol. The monoisotopic (exact) mass is 342 g/mol. The van der Waals surface area contributed by atoms with Gasteiger partial charge in [-0.1, -0.05) is 13.8 Å². The van der Waals surface area contributed by atoms with Gasteiger partial charge in [-0.2, -0.15) is 4.73 Å². The number of ketones is 1. The number of benzene rings is 1. The van der Waals surface area contributed by atoms with Crippen LogP contribution in [-0.4, -0.2) is 24.3 Å². The number of carbonyl (C=O) groups is 3. The molecular weight excluding hydrogens is 324 g/mol. The van der Waals surface area contributed by atoms with Gasteiger partial charge in [0, 0.05) is 29.3 Å². The Kier molecular flexibility index (Phi) is 5.84. The Morgan fingerprint density at radius 3 is 2.40 bits per heavy atom. The highest BCUT2D eigenvalue weighted by atomic mass is 16.5. The van der Waals surface area contributed by atoms with Crippen molar-refractivity contribution in [2.45, 2.75) is 13.8 Å². The topological polar surface area (TPSA) is 99.4 Å². The maximum Gasteiger partial charge on any atom is 0.405 e. The summed E-state index contributed by atoms with van der Waals surface area (Å²) in [4.78, 5) is 35.5. The zero-order valence-corrected chi connectivity index (χ0v) is 13.9. The van der Waals surface area contributed by atoms with E-state index in [9.17, 15) is 19.6 Å². The van der Waals surface area contributed by atoms with Crippen molar-refractivity contribution >= 4 is 23.3 Å². The molecule has 1 N–H and O–H groups in total. The van der Waals surface area contributed by atoms with Gasteiger partial charge in [-0.15, -0.1) is 0 Å². The summed E-state index contributed by atoms with van der Waals surface area (Å²) in [6, 6.07) is 10.6. The van der Waals surface area contributed by atoms with Crippen LogP contribution in [0.15, 0.2) is 48.7 Å². The molecule has 0 unspecified atom stereocenters. The molecule has 1 aromatic heterocycles. The summed E-state index contributed by atoms with van der Waals surface area (Å²) in [6.07, 6.45) is 1.17. The highest BCUT2D eigenvalue weighted by Crippen LogP contribution is 2.12. The Hall–Kier alpha value is -3.22. The molecular formula is C18H18N2O5. The smallest absolute Gasteiger partial charge is 0.405 e. The standard InChI is InChI=1S/C18H18N2O5/c1-12(2)17(22)19-14-8-6-13(7-9-14)16(21)11-25-18(23)15-5-3-4-10-20(15)24/h3-10,12H,11H2,1-2H3,(H,19,22). The van der Waals surface area contributed by atoms with E-state index in [4.69, 9.17) is 4.74 Å². The van der Waals surface area contributed by atoms with Crippen molar-refractivity contribution in [2.24, 2.45) is 5.92 Å². The van der Waals surface area contributed by atoms with Crippen molar-refractivity contribution < 1.29 is 23.9 Å². The number of esters is 1. The van der Waals surface area contributed by atoms with Crippen molar-refractivity contribution in [3.05, 3.63) is 65.1 Å². The summed E-state index contributed by atoms with van der Waals surface area (Å²) in [5, 5.41) is 14.2. The van der Waals surface area contributed by atoms with Crippen LogP contribution < -0.4 is 10.0 Å². The summed E-state index contributed by atoms with van der Waals surface area (Å²) in [6.45, 7) is 3.07. The lowest BCUT2D eigenvalue weighted by Gasteiger charge is -2.08.